The lowest BCUT2D eigenvalue weighted by atomic mass is 9.78. The number of hydrogen-bond acceptors (Lipinski definition) is 2. The molecular formula is C16H23BrN2O. The van der Waals surface area contributed by atoms with Crippen LogP contribution in [0.1, 0.15) is 56.4 Å². The molecule has 0 aliphatic heterocycles. The lowest BCUT2D eigenvalue weighted by molar-refractivity contribution is 0.0916. The van der Waals surface area contributed by atoms with Gasteiger partial charge in [0.15, 0.2) is 0 Å². The van der Waals surface area contributed by atoms with Crippen LogP contribution >= 0.6 is 15.9 Å². The van der Waals surface area contributed by atoms with E-state index in [9.17, 15) is 4.79 Å². The smallest absolute Gasteiger partial charge is 0.269 e. The molecule has 1 N–H and O–H groups in total. The Morgan fingerprint density at radius 1 is 1.40 bits per heavy atom. The second kappa shape index (κ2) is 6.70. The number of nitrogens with zero attached hydrogens (tertiary/aromatic N) is 1. The van der Waals surface area contributed by atoms with E-state index in [1.807, 2.05) is 12.1 Å². The number of aromatic nitrogens is 1. The van der Waals surface area contributed by atoms with E-state index in [0.29, 0.717) is 21.6 Å². The van der Waals surface area contributed by atoms with Crippen LogP contribution in [0.25, 0.3) is 0 Å². The van der Waals surface area contributed by atoms with Crippen LogP contribution in [0.4, 0.5) is 0 Å². The van der Waals surface area contributed by atoms with Crippen LogP contribution in [-0.2, 0) is 0 Å². The third-order valence-electron chi connectivity index (χ3n) is 4.08. The van der Waals surface area contributed by atoms with E-state index >= 15 is 0 Å². The molecule has 0 aromatic carbocycles. The summed E-state index contributed by atoms with van der Waals surface area (Å²) in [4.78, 5) is 16.4. The van der Waals surface area contributed by atoms with Crippen molar-refractivity contribution < 1.29 is 4.79 Å². The first-order chi connectivity index (χ1) is 9.51. The Kier molecular flexibility index (Phi) is 5.19. The van der Waals surface area contributed by atoms with Gasteiger partial charge in [-0.25, -0.2) is 4.98 Å². The van der Waals surface area contributed by atoms with Gasteiger partial charge in [-0.1, -0.05) is 32.8 Å². The number of carbonyl (C=O) groups excluding carboxylic acids is 1. The van der Waals surface area contributed by atoms with Crippen LogP contribution in [0.2, 0.25) is 0 Å². The largest absolute Gasteiger partial charge is 0.350 e. The van der Waals surface area contributed by atoms with Gasteiger partial charge in [-0.3, -0.25) is 4.79 Å². The van der Waals surface area contributed by atoms with Crippen molar-refractivity contribution >= 4 is 21.8 Å². The number of carbonyl (C=O) groups is 1. The first-order valence-corrected chi connectivity index (χ1v) is 8.21. The Hall–Kier alpha value is -0.900. The predicted molar refractivity (Wildman–Crippen MR) is 84.6 cm³/mol. The highest BCUT2D eigenvalue weighted by Crippen LogP contribution is 2.42. The molecule has 1 aliphatic carbocycles. The maximum Gasteiger partial charge on any atom is 0.269 e. The monoisotopic (exact) mass is 338 g/mol. The number of hydrogen-bond donors (Lipinski definition) is 1. The molecule has 0 atom stereocenters. The van der Waals surface area contributed by atoms with E-state index in [-0.39, 0.29) is 5.91 Å². The van der Waals surface area contributed by atoms with E-state index in [1.54, 1.807) is 6.07 Å². The first kappa shape index (κ1) is 15.5. The van der Waals surface area contributed by atoms with Crippen molar-refractivity contribution in [2.75, 3.05) is 6.54 Å². The summed E-state index contributed by atoms with van der Waals surface area (Å²) in [6.45, 7) is 5.30. The Bertz CT molecular complexity index is 467. The Morgan fingerprint density at radius 2 is 2.10 bits per heavy atom. The van der Waals surface area contributed by atoms with Crippen LogP contribution in [-0.4, -0.2) is 17.4 Å². The van der Waals surface area contributed by atoms with Gasteiger partial charge in [-0.15, -0.1) is 0 Å². The summed E-state index contributed by atoms with van der Waals surface area (Å²) in [6.07, 6.45) is 6.24. The van der Waals surface area contributed by atoms with E-state index in [1.165, 1.54) is 32.1 Å². The molecule has 110 valence electrons. The van der Waals surface area contributed by atoms with Crippen molar-refractivity contribution in [1.29, 1.82) is 0 Å². The number of amides is 1. The van der Waals surface area contributed by atoms with Gasteiger partial charge in [0.05, 0.1) is 0 Å². The average Bonchev–Trinajstić information content (AvgIpc) is 2.84. The van der Waals surface area contributed by atoms with Crippen LogP contribution in [0.5, 0.6) is 0 Å². The normalized spacial score (nSPS) is 17.4. The third-order valence-corrected chi connectivity index (χ3v) is 4.52. The van der Waals surface area contributed by atoms with Gasteiger partial charge in [0.25, 0.3) is 5.91 Å². The Morgan fingerprint density at radius 3 is 2.70 bits per heavy atom. The van der Waals surface area contributed by atoms with Gasteiger partial charge in [0, 0.05) is 6.54 Å². The van der Waals surface area contributed by atoms with E-state index in [2.05, 4.69) is 40.1 Å². The fourth-order valence-corrected chi connectivity index (χ4v) is 3.68. The SMILES string of the molecule is CC(C)CC1(CNC(=O)c2cccc(Br)n2)CCCC1. The lowest BCUT2D eigenvalue weighted by Crippen LogP contribution is -2.37. The lowest BCUT2D eigenvalue weighted by Gasteiger charge is -2.31. The maximum absolute atomic E-state index is 12.2. The third kappa shape index (κ3) is 4.05. The van der Waals surface area contributed by atoms with Crippen molar-refractivity contribution in [1.82, 2.24) is 10.3 Å². The zero-order chi connectivity index (χ0) is 14.6. The molecular weight excluding hydrogens is 316 g/mol. The van der Waals surface area contributed by atoms with Gasteiger partial charge in [-0.05, 0) is 58.7 Å². The highest BCUT2D eigenvalue weighted by Gasteiger charge is 2.34. The molecule has 1 fully saturated rings. The summed E-state index contributed by atoms with van der Waals surface area (Å²) in [5, 5.41) is 3.09. The first-order valence-electron chi connectivity index (χ1n) is 7.42. The molecule has 1 heterocycles. The van der Waals surface area contributed by atoms with Crippen molar-refractivity contribution in [3.05, 3.63) is 28.5 Å². The fraction of sp³-hybridized carbons (Fsp3) is 0.625. The molecule has 0 saturated heterocycles. The number of halogens is 1. The number of nitrogens with one attached hydrogen (secondary N) is 1. The highest BCUT2D eigenvalue weighted by molar-refractivity contribution is 9.10. The second-order valence-electron chi connectivity index (χ2n) is 6.33. The molecule has 20 heavy (non-hydrogen) atoms. The summed E-state index contributed by atoms with van der Waals surface area (Å²) in [6, 6.07) is 5.42. The van der Waals surface area contributed by atoms with E-state index in [0.717, 1.165) is 6.54 Å². The van der Waals surface area contributed by atoms with E-state index < -0.39 is 0 Å². The molecule has 1 saturated carbocycles. The molecule has 1 aromatic heterocycles. The van der Waals surface area contributed by atoms with Gasteiger partial charge in [0.1, 0.15) is 10.3 Å². The van der Waals surface area contributed by atoms with Crippen LogP contribution in [0, 0.1) is 11.3 Å². The van der Waals surface area contributed by atoms with Crippen LogP contribution in [0.15, 0.2) is 22.8 Å². The zero-order valence-electron chi connectivity index (χ0n) is 12.3. The van der Waals surface area contributed by atoms with Crippen LogP contribution in [0.3, 0.4) is 0 Å². The maximum atomic E-state index is 12.2. The average molecular weight is 339 g/mol. The topological polar surface area (TPSA) is 42.0 Å². The minimum absolute atomic E-state index is 0.0682. The van der Waals surface area contributed by atoms with E-state index in [4.69, 9.17) is 0 Å². The molecule has 1 amide bonds. The fourth-order valence-electron chi connectivity index (χ4n) is 3.34. The Balaban J connectivity index is 1.97. The molecule has 0 unspecified atom stereocenters. The second-order valence-corrected chi connectivity index (χ2v) is 7.15. The standard InChI is InChI=1S/C16H23BrN2O/c1-12(2)10-16(8-3-4-9-16)11-18-15(20)13-6-5-7-14(17)19-13/h5-7,12H,3-4,8-11H2,1-2H3,(H,18,20). The van der Waals surface area contributed by atoms with Gasteiger partial charge < -0.3 is 5.32 Å². The quantitative estimate of drug-likeness (QED) is 0.818. The molecule has 3 nitrogen and oxygen atoms in total. The molecule has 4 heteroatoms. The summed E-state index contributed by atoms with van der Waals surface area (Å²) >= 11 is 3.30. The van der Waals surface area contributed by atoms with Crippen LogP contribution < -0.4 is 5.32 Å². The summed E-state index contributed by atoms with van der Waals surface area (Å²) in [7, 11) is 0. The Labute approximate surface area is 129 Å². The number of pyridine rings is 1. The van der Waals surface area contributed by atoms with Gasteiger partial charge >= 0.3 is 0 Å². The summed E-state index contributed by atoms with van der Waals surface area (Å²) in [5.74, 6) is 0.607. The molecule has 0 spiro atoms. The highest BCUT2D eigenvalue weighted by atomic mass is 79.9. The minimum Gasteiger partial charge on any atom is -0.350 e. The molecule has 1 aliphatic rings. The molecule has 0 bridgehead atoms. The zero-order valence-corrected chi connectivity index (χ0v) is 13.9. The molecule has 2 rings (SSSR count). The molecule has 0 radical (unpaired) electrons. The van der Waals surface area contributed by atoms with Gasteiger partial charge in [-0.2, -0.15) is 0 Å². The van der Waals surface area contributed by atoms with Crippen molar-refractivity contribution in [2.45, 2.75) is 46.0 Å². The van der Waals surface area contributed by atoms with Gasteiger partial charge in [0.2, 0.25) is 0 Å². The van der Waals surface area contributed by atoms with Crippen molar-refractivity contribution in [3.63, 3.8) is 0 Å². The summed E-state index contributed by atoms with van der Waals surface area (Å²) < 4.78 is 0.697. The molecule has 1 aromatic rings. The van der Waals surface area contributed by atoms with Crippen molar-refractivity contribution in [3.8, 4) is 0 Å². The number of rotatable bonds is 5. The summed E-state index contributed by atoms with van der Waals surface area (Å²) in [5.41, 5.74) is 0.785. The van der Waals surface area contributed by atoms with Crippen molar-refractivity contribution in [2.24, 2.45) is 11.3 Å². The minimum atomic E-state index is -0.0682. The predicted octanol–water partition coefficient (Wildman–Crippen LogP) is 4.18.